The van der Waals surface area contributed by atoms with Gasteiger partial charge in [0.2, 0.25) is 0 Å². The van der Waals surface area contributed by atoms with Gasteiger partial charge in [-0.25, -0.2) is 9.59 Å². The van der Waals surface area contributed by atoms with Crippen LogP contribution in [0.2, 0.25) is 0 Å². The Hall–Kier alpha value is -4.11. The van der Waals surface area contributed by atoms with Crippen molar-refractivity contribution in [1.29, 1.82) is 5.26 Å². The molecule has 0 fully saturated rings. The summed E-state index contributed by atoms with van der Waals surface area (Å²) in [6, 6.07) is 22.0. The Morgan fingerprint density at radius 1 is 1.06 bits per heavy atom. The minimum atomic E-state index is -1.17. The van der Waals surface area contributed by atoms with Crippen molar-refractivity contribution in [2.75, 3.05) is 6.61 Å². The maximum atomic E-state index is 12.5. The normalized spacial score (nSPS) is 12.9. The predicted molar refractivity (Wildman–Crippen MR) is 119 cm³/mol. The number of ether oxygens (including phenoxy) is 1. The molecule has 160 valence electrons. The fourth-order valence-electron chi connectivity index (χ4n) is 4.16. The molecule has 6 nitrogen and oxygen atoms in total. The molecule has 6 heteroatoms. The molecule has 1 aliphatic carbocycles. The van der Waals surface area contributed by atoms with E-state index < -0.39 is 18.1 Å². The smallest absolute Gasteiger partial charge is 0.407 e. The molecule has 3 aromatic carbocycles. The fraction of sp³-hybridized carbons (Fsp3) is 0.192. The first-order valence-corrected chi connectivity index (χ1v) is 10.3. The van der Waals surface area contributed by atoms with E-state index in [0.29, 0.717) is 11.1 Å². The van der Waals surface area contributed by atoms with Crippen molar-refractivity contribution in [3.8, 4) is 17.2 Å². The van der Waals surface area contributed by atoms with Gasteiger partial charge in [-0.05, 0) is 52.4 Å². The van der Waals surface area contributed by atoms with Gasteiger partial charge in [-0.15, -0.1) is 0 Å². The van der Waals surface area contributed by atoms with Crippen LogP contribution in [0.15, 0.2) is 66.7 Å². The summed E-state index contributed by atoms with van der Waals surface area (Å²) in [6.07, 6.45) is -0.728. The number of nitriles is 1. The summed E-state index contributed by atoms with van der Waals surface area (Å²) in [4.78, 5) is 24.2. The predicted octanol–water partition coefficient (Wildman–Crippen LogP) is 4.40. The molecule has 0 saturated heterocycles. The Kier molecular flexibility index (Phi) is 5.91. The van der Waals surface area contributed by atoms with E-state index in [4.69, 9.17) is 10.00 Å². The summed E-state index contributed by atoms with van der Waals surface area (Å²) in [5.41, 5.74) is 6.39. The third kappa shape index (κ3) is 4.19. The van der Waals surface area contributed by atoms with E-state index in [1.807, 2.05) is 61.5 Å². The molecular weight excluding hydrogens is 404 g/mol. The van der Waals surface area contributed by atoms with Gasteiger partial charge < -0.3 is 15.2 Å². The number of aliphatic carboxylic acids is 1. The summed E-state index contributed by atoms with van der Waals surface area (Å²) < 4.78 is 5.47. The van der Waals surface area contributed by atoms with Gasteiger partial charge in [0.05, 0.1) is 11.6 Å². The summed E-state index contributed by atoms with van der Waals surface area (Å²) in [5.74, 6) is -1.27. The van der Waals surface area contributed by atoms with E-state index in [1.165, 1.54) is 0 Å². The van der Waals surface area contributed by atoms with Gasteiger partial charge in [0.1, 0.15) is 12.6 Å². The molecule has 2 N–H and O–H groups in total. The number of nitrogens with zero attached hydrogens (tertiary/aromatic N) is 1. The zero-order chi connectivity index (χ0) is 22.7. The van der Waals surface area contributed by atoms with E-state index in [-0.39, 0.29) is 18.9 Å². The molecule has 1 atom stereocenters. The van der Waals surface area contributed by atoms with Crippen molar-refractivity contribution in [3.63, 3.8) is 0 Å². The van der Waals surface area contributed by atoms with Gasteiger partial charge in [0.15, 0.2) is 0 Å². The largest absolute Gasteiger partial charge is 0.480 e. The van der Waals surface area contributed by atoms with Crippen LogP contribution in [-0.2, 0) is 16.0 Å². The van der Waals surface area contributed by atoms with Gasteiger partial charge in [0.25, 0.3) is 0 Å². The number of benzene rings is 3. The molecule has 1 aliphatic rings. The van der Waals surface area contributed by atoms with Crippen LogP contribution in [0.3, 0.4) is 0 Å². The number of carbonyl (C=O) groups is 2. The molecule has 0 saturated carbocycles. The van der Waals surface area contributed by atoms with Crippen LogP contribution in [0.4, 0.5) is 4.79 Å². The van der Waals surface area contributed by atoms with Crippen LogP contribution in [0.5, 0.6) is 0 Å². The second-order valence-electron chi connectivity index (χ2n) is 7.82. The lowest BCUT2D eigenvalue weighted by molar-refractivity contribution is -0.139. The Morgan fingerprint density at radius 2 is 1.69 bits per heavy atom. The number of rotatable bonds is 6. The number of hydrogen-bond donors (Lipinski definition) is 2. The maximum Gasteiger partial charge on any atom is 0.407 e. The highest BCUT2D eigenvalue weighted by molar-refractivity contribution is 5.81. The van der Waals surface area contributed by atoms with Gasteiger partial charge in [-0.3, -0.25) is 0 Å². The number of hydrogen-bond acceptors (Lipinski definition) is 4. The van der Waals surface area contributed by atoms with Crippen LogP contribution < -0.4 is 5.32 Å². The average molecular weight is 426 g/mol. The molecule has 0 unspecified atom stereocenters. The molecule has 3 aromatic rings. The van der Waals surface area contributed by atoms with Crippen molar-refractivity contribution >= 4 is 12.1 Å². The lowest BCUT2D eigenvalue weighted by Gasteiger charge is -2.18. The highest BCUT2D eigenvalue weighted by Gasteiger charge is 2.30. The van der Waals surface area contributed by atoms with E-state index in [0.717, 1.165) is 27.8 Å². The molecule has 0 aromatic heterocycles. The molecule has 32 heavy (non-hydrogen) atoms. The molecule has 4 rings (SSSR count). The standard InChI is InChI=1S/C26H22N2O4/c1-16-10-11-17(14-27)12-18(16)13-24(25(29)30)28-26(31)32-15-23-21-8-4-2-6-19(21)20-7-3-5-9-22(20)23/h2-12,23-24H,13,15H2,1H3,(H,28,31)(H,29,30)/t24-/m0/s1. The molecule has 0 spiro atoms. The number of aryl methyl sites for hydroxylation is 1. The Labute approximate surface area is 186 Å². The van der Waals surface area contributed by atoms with Crippen LogP contribution in [0.25, 0.3) is 11.1 Å². The maximum absolute atomic E-state index is 12.5. The lowest BCUT2D eigenvalue weighted by atomic mass is 9.98. The van der Waals surface area contributed by atoms with Crippen molar-refractivity contribution in [2.24, 2.45) is 0 Å². The number of carboxylic acids is 1. The van der Waals surface area contributed by atoms with Crippen LogP contribution in [0, 0.1) is 18.3 Å². The quantitative estimate of drug-likeness (QED) is 0.609. The summed E-state index contributed by atoms with van der Waals surface area (Å²) in [6.45, 7) is 1.94. The first-order valence-electron chi connectivity index (χ1n) is 10.3. The second kappa shape index (κ2) is 8.94. The first-order chi connectivity index (χ1) is 15.5. The van der Waals surface area contributed by atoms with Crippen molar-refractivity contribution in [3.05, 3.63) is 94.5 Å². The van der Waals surface area contributed by atoms with Crippen LogP contribution in [-0.4, -0.2) is 29.8 Å². The van der Waals surface area contributed by atoms with Gasteiger partial charge in [-0.2, -0.15) is 5.26 Å². The van der Waals surface area contributed by atoms with Gasteiger partial charge in [-0.1, -0.05) is 54.6 Å². The van der Waals surface area contributed by atoms with E-state index in [2.05, 4.69) is 5.32 Å². The average Bonchev–Trinajstić information content (AvgIpc) is 3.12. The SMILES string of the molecule is Cc1ccc(C#N)cc1C[C@H](NC(=O)OCC1c2ccccc2-c2ccccc21)C(=O)O. The third-order valence-corrected chi connectivity index (χ3v) is 5.84. The third-order valence-electron chi connectivity index (χ3n) is 5.84. The second-order valence-corrected chi connectivity index (χ2v) is 7.82. The lowest BCUT2D eigenvalue weighted by Crippen LogP contribution is -2.43. The number of fused-ring (bicyclic) bond motifs is 3. The molecule has 0 bridgehead atoms. The molecule has 0 aliphatic heterocycles. The summed E-state index contributed by atoms with van der Waals surface area (Å²) in [5, 5.41) is 21.2. The Morgan fingerprint density at radius 3 is 2.28 bits per heavy atom. The van der Waals surface area contributed by atoms with E-state index in [9.17, 15) is 14.7 Å². The highest BCUT2D eigenvalue weighted by Crippen LogP contribution is 2.44. The Balaban J connectivity index is 1.45. The van der Waals surface area contributed by atoms with Crippen LogP contribution in [0.1, 0.15) is 33.7 Å². The van der Waals surface area contributed by atoms with Crippen LogP contribution >= 0.6 is 0 Å². The van der Waals surface area contributed by atoms with E-state index in [1.54, 1.807) is 18.2 Å². The molecular formula is C26H22N2O4. The van der Waals surface area contributed by atoms with Gasteiger partial charge in [0, 0.05) is 12.3 Å². The minimum Gasteiger partial charge on any atom is -0.480 e. The number of alkyl carbamates (subject to hydrolysis) is 1. The van der Waals surface area contributed by atoms with Crippen molar-refractivity contribution < 1.29 is 19.4 Å². The number of nitrogens with one attached hydrogen (secondary N) is 1. The molecule has 0 heterocycles. The fourth-order valence-corrected chi connectivity index (χ4v) is 4.16. The van der Waals surface area contributed by atoms with Crippen molar-refractivity contribution in [2.45, 2.75) is 25.3 Å². The summed E-state index contributed by atoms with van der Waals surface area (Å²) in [7, 11) is 0. The molecule has 1 amide bonds. The highest BCUT2D eigenvalue weighted by atomic mass is 16.5. The minimum absolute atomic E-state index is 0.0564. The zero-order valence-electron chi connectivity index (χ0n) is 17.5. The van der Waals surface area contributed by atoms with Crippen molar-refractivity contribution in [1.82, 2.24) is 5.32 Å². The number of carboxylic acid groups (broad SMARTS) is 1. The topological polar surface area (TPSA) is 99.4 Å². The Bertz CT molecular complexity index is 1180. The first kappa shape index (κ1) is 21.1. The van der Waals surface area contributed by atoms with Gasteiger partial charge >= 0.3 is 12.1 Å². The monoisotopic (exact) mass is 426 g/mol. The molecule has 0 radical (unpaired) electrons. The zero-order valence-corrected chi connectivity index (χ0v) is 17.5. The van der Waals surface area contributed by atoms with E-state index >= 15 is 0 Å². The number of carbonyl (C=O) groups excluding carboxylic acids is 1. The summed E-state index contributed by atoms with van der Waals surface area (Å²) >= 11 is 0. The number of amides is 1.